The summed E-state index contributed by atoms with van der Waals surface area (Å²) < 4.78 is 27.1. The highest BCUT2D eigenvalue weighted by atomic mass is 32.2. The molecule has 2 saturated heterocycles. The van der Waals surface area contributed by atoms with Crippen LogP contribution in [0.1, 0.15) is 38.2 Å². The number of guanidine groups is 1. The Balaban J connectivity index is 1.59. The van der Waals surface area contributed by atoms with Crippen LogP contribution in [-0.4, -0.2) is 67.8 Å². The second kappa shape index (κ2) is 9.98. The molecule has 0 aromatic heterocycles. The Kier molecular flexibility index (Phi) is 7.65. The van der Waals surface area contributed by atoms with E-state index in [-0.39, 0.29) is 0 Å². The summed E-state index contributed by atoms with van der Waals surface area (Å²) >= 11 is 2.04. The summed E-state index contributed by atoms with van der Waals surface area (Å²) in [7, 11) is -1.54. The predicted octanol–water partition coefficient (Wildman–Crippen LogP) is 2.76. The molecule has 1 atom stereocenters. The smallest absolute Gasteiger partial charge is 0.243 e. The van der Waals surface area contributed by atoms with E-state index in [1.54, 1.807) is 16.4 Å². The largest absolute Gasteiger partial charge is 0.352 e. The molecule has 156 valence electrons. The van der Waals surface area contributed by atoms with Crippen molar-refractivity contribution in [1.82, 2.24) is 14.5 Å². The van der Waals surface area contributed by atoms with E-state index in [4.69, 9.17) is 0 Å². The molecule has 1 aromatic rings. The summed E-state index contributed by atoms with van der Waals surface area (Å²) in [5.74, 6) is 2.05. The van der Waals surface area contributed by atoms with E-state index in [9.17, 15) is 8.42 Å². The zero-order chi connectivity index (χ0) is 20.0. The molecule has 0 spiro atoms. The monoisotopic (exact) mass is 424 g/mol. The molecule has 1 unspecified atom stereocenters. The van der Waals surface area contributed by atoms with Crippen molar-refractivity contribution in [2.24, 2.45) is 4.99 Å². The van der Waals surface area contributed by atoms with Gasteiger partial charge in [0.15, 0.2) is 5.96 Å². The van der Waals surface area contributed by atoms with Crippen LogP contribution < -0.4 is 5.32 Å². The Morgan fingerprint density at radius 1 is 1.18 bits per heavy atom. The number of hydrogen-bond acceptors (Lipinski definition) is 4. The van der Waals surface area contributed by atoms with Gasteiger partial charge in [-0.3, -0.25) is 4.99 Å². The van der Waals surface area contributed by atoms with Gasteiger partial charge in [0.25, 0.3) is 0 Å². The summed E-state index contributed by atoms with van der Waals surface area (Å²) in [5, 5.41) is 4.09. The first-order valence-electron chi connectivity index (χ1n) is 10.2. The first-order valence-corrected chi connectivity index (χ1v) is 12.7. The van der Waals surface area contributed by atoms with Crippen molar-refractivity contribution in [2.75, 3.05) is 39.0 Å². The van der Waals surface area contributed by atoms with Crippen molar-refractivity contribution in [2.45, 2.75) is 49.3 Å². The van der Waals surface area contributed by atoms with Crippen LogP contribution in [0.3, 0.4) is 0 Å². The number of benzene rings is 1. The van der Waals surface area contributed by atoms with Gasteiger partial charge in [-0.2, -0.15) is 16.1 Å². The SMILES string of the molecule is CCC1CN(C(=NC)NCc2ccc(S(=O)(=O)N3CCCCC3)cc2)CCS1. The molecule has 6 nitrogen and oxygen atoms in total. The standard InChI is InChI=1S/C20H32N4O2S2/c1-3-18-16-23(13-14-27-18)20(21-2)22-15-17-7-9-19(10-8-17)28(25,26)24-11-5-4-6-12-24/h7-10,18H,3-6,11-16H2,1-2H3,(H,21,22). The van der Waals surface area contributed by atoms with Gasteiger partial charge in [-0.25, -0.2) is 8.42 Å². The lowest BCUT2D eigenvalue weighted by Crippen LogP contribution is -2.47. The van der Waals surface area contributed by atoms with Crippen LogP contribution in [0.25, 0.3) is 0 Å². The van der Waals surface area contributed by atoms with E-state index in [1.807, 2.05) is 30.9 Å². The molecule has 1 N–H and O–H groups in total. The third-order valence-electron chi connectivity index (χ3n) is 5.43. The minimum Gasteiger partial charge on any atom is -0.352 e. The van der Waals surface area contributed by atoms with Gasteiger partial charge in [0.2, 0.25) is 10.0 Å². The van der Waals surface area contributed by atoms with Crippen LogP contribution in [0.4, 0.5) is 0 Å². The molecular formula is C20H32N4O2S2. The molecule has 0 aliphatic carbocycles. The fourth-order valence-corrected chi connectivity index (χ4v) is 6.40. The summed E-state index contributed by atoms with van der Waals surface area (Å²) in [6, 6.07) is 7.26. The first kappa shape index (κ1) is 21.5. The number of piperidine rings is 1. The molecule has 2 fully saturated rings. The number of thioether (sulfide) groups is 1. The van der Waals surface area contributed by atoms with Crippen LogP contribution in [0.2, 0.25) is 0 Å². The fraction of sp³-hybridized carbons (Fsp3) is 0.650. The Labute approximate surface area is 173 Å². The lowest BCUT2D eigenvalue weighted by Gasteiger charge is -2.34. The summed E-state index contributed by atoms with van der Waals surface area (Å²) in [6.07, 6.45) is 4.19. The number of rotatable bonds is 5. The molecule has 0 bridgehead atoms. The van der Waals surface area contributed by atoms with Gasteiger partial charge in [0, 0.05) is 50.8 Å². The van der Waals surface area contributed by atoms with E-state index < -0.39 is 10.0 Å². The zero-order valence-corrected chi connectivity index (χ0v) is 18.6. The molecule has 0 amide bonds. The predicted molar refractivity (Wildman–Crippen MR) is 117 cm³/mol. The molecule has 2 aliphatic heterocycles. The lowest BCUT2D eigenvalue weighted by atomic mass is 10.2. The number of sulfonamides is 1. The Morgan fingerprint density at radius 3 is 2.54 bits per heavy atom. The third kappa shape index (κ3) is 5.21. The molecule has 0 saturated carbocycles. The molecule has 3 rings (SSSR count). The van der Waals surface area contributed by atoms with Gasteiger partial charge in [-0.05, 0) is 37.0 Å². The van der Waals surface area contributed by atoms with E-state index in [0.717, 1.165) is 49.6 Å². The van der Waals surface area contributed by atoms with Crippen LogP contribution in [0.15, 0.2) is 34.2 Å². The van der Waals surface area contributed by atoms with Crippen molar-refractivity contribution in [1.29, 1.82) is 0 Å². The molecule has 1 aromatic carbocycles. The van der Waals surface area contributed by atoms with Gasteiger partial charge in [0.05, 0.1) is 4.90 Å². The van der Waals surface area contributed by atoms with E-state index in [0.29, 0.717) is 29.8 Å². The topological polar surface area (TPSA) is 65.0 Å². The highest BCUT2D eigenvalue weighted by molar-refractivity contribution is 8.00. The maximum Gasteiger partial charge on any atom is 0.243 e. The molecule has 8 heteroatoms. The lowest BCUT2D eigenvalue weighted by molar-refractivity contribution is 0.346. The van der Waals surface area contributed by atoms with Crippen molar-refractivity contribution >= 4 is 27.7 Å². The van der Waals surface area contributed by atoms with Crippen molar-refractivity contribution in [3.05, 3.63) is 29.8 Å². The quantitative estimate of drug-likeness (QED) is 0.582. The average molecular weight is 425 g/mol. The molecule has 28 heavy (non-hydrogen) atoms. The number of nitrogens with one attached hydrogen (secondary N) is 1. The fourth-order valence-electron chi connectivity index (χ4n) is 3.71. The summed E-state index contributed by atoms with van der Waals surface area (Å²) in [4.78, 5) is 7.14. The minimum atomic E-state index is -3.36. The Hall–Kier alpha value is -1.25. The molecule has 2 heterocycles. The van der Waals surface area contributed by atoms with Crippen molar-refractivity contribution in [3.63, 3.8) is 0 Å². The van der Waals surface area contributed by atoms with Gasteiger partial charge >= 0.3 is 0 Å². The molecule has 2 aliphatic rings. The highest BCUT2D eigenvalue weighted by Gasteiger charge is 2.26. The van der Waals surface area contributed by atoms with E-state index in [1.165, 1.54) is 6.42 Å². The maximum atomic E-state index is 12.8. The normalized spacial score (nSPS) is 22.3. The Morgan fingerprint density at radius 2 is 1.89 bits per heavy atom. The van der Waals surface area contributed by atoms with Gasteiger partial charge in [0.1, 0.15) is 0 Å². The number of aliphatic imine (C=N–C) groups is 1. The zero-order valence-electron chi connectivity index (χ0n) is 16.9. The van der Waals surface area contributed by atoms with Gasteiger partial charge in [-0.15, -0.1) is 0 Å². The van der Waals surface area contributed by atoms with Crippen LogP contribution in [0.5, 0.6) is 0 Å². The van der Waals surface area contributed by atoms with Crippen LogP contribution >= 0.6 is 11.8 Å². The van der Waals surface area contributed by atoms with Crippen molar-refractivity contribution < 1.29 is 8.42 Å². The van der Waals surface area contributed by atoms with Crippen LogP contribution in [-0.2, 0) is 16.6 Å². The van der Waals surface area contributed by atoms with Crippen LogP contribution in [0, 0.1) is 0 Å². The van der Waals surface area contributed by atoms with Gasteiger partial charge < -0.3 is 10.2 Å². The highest BCUT2D eigenvalue weighted by Crippen LogP contribution is 2.22. The minimum absolute atomic E-state index is 0.390. The van der Waals surface area contributed by atoms with E-state index >= 15 is 0 Å². The van der Waals surface area contributed by atoms with E-state index in [2.05, 4.69) is 22.1 Å². The molecular weight excluding hydrogens is 392 g/mol. The molecule has 0 radical (unpaired) electrons. The third-order valence-corrected chi connectivity index (χ3v) is 8.72. The first-order chi connectivity index (χ1) is 13.5. The second-order valence-electron chi connectivity index (χ2n) is 7.36. The number of nitrogens with zero attached hydrogens (tertiary/aromatic N) is 3. The summed E-state index contributed by atoms with van der Waals surface area (Å²) in [6.45, 7) is 6.17. The number of hydrogen-bond donors (Lipinski definition) is 1. The van der Waals surface area contributed by atoms with Gasteiger partial charge in [-0.1, -0.05) is 25.5 Å². The maximum absolute atomic E-state index is 12.8. The van der Waals surface area contributed by atoms with Crippen molar-refractivity contribution in [3.8, 4) is 0 Å². The Bertz CT molecular complexity index is 759. The second-order valence-corrected chi connectivity index (χ2v) is 10.7. The summed E-state index contributed by atoms with van der Waals surface area (Å²) in [5.41, 5.74) is 1.05. The average Bonchev–Trinajstić information content (AvgIpc) is 2.75.